The first-order valence-corrected chi connectivity index (χ1v) is 10.2. The Bertz CT molecular complexity index is 613. The summed E-state index contributed by atoms with van der Waals surface area (Å²) in [6, 6.07) is 3.83. The first-order chi connectivity index (χ1) is 11.5. The molecule has 24 heavy (non-hydrogen) atoms. The number of rotatable bonds is 6. The van der Waals surface area contributed by atoms with Gasteiger partial charge in [-0.3, -0.25) is 9.59 Å². The van der Waals surface area contributed by atoms with Crippen molar-refractivity contribution in [2.75, 3.05) is 6.54 Å². The molecule has 1 aromatic heterocycles. The van der Waals surface area contributed by atoms with E-state index < -0.39 is 0 Å². The average molecular weight is 346 g/mol. The molecule has 1 N–H and O–H groups in total. The van der Waals surface area contributed by atoms with Gasteiger partial charge in [-0.25, -0.2) is 0 Å². The van der Waals surface area contributed by atoms with Crippen LogP contribution >= 0.6 is 11.3 Å². The molecule has 5 rings (SSSR count). The van der Waals surface area contributed by atoms with Gasteiger partial charge in [0.25, 0.3) is 0 Å². The van der Waals surface area contributed by atoms with Crippen LogP contribution in [0, 0.1) is 30.1 Å². The molecule has 0 spiro atoms. The smallest absolute Gasteiger partial charge is 0.220 e. The summed E-state index contributed by atoms with van der Waals surface area (Å²) in [5.41, 5.74) is 0.374. The van der Waals surface area contributed by atoms with E-state index in [0.717, 1.165) is 34.1 Å². The van der Waals surface area contributed by atoms with E-state index in [2.05, 4.69) is 5.32 Å². The van der Waals surface area contributed by atoms with Crippen molar-refractivity contribution in [3.05, 3.63) is 21.9 Å². The molecule has 3 nitrogen and oxygen atoms in total. The molecular formula is C20H27NO2S. The molecule has 4 aliphatic carbocycles. The Labute approximate surface area is 148 Å². The van der Waals surface area contributed by atoms with Gasteiger partial charge in [-0.2, -0.15) is 0 Å². The Hall–Kier alpha value is -1.16. The summed E-state index contributed by atoms with van der Waals surface area (Å²) in [4.78, 5) is 26.3. The van der Waals surface area contributed by atoms with Crippen molar-refractivity contribution in [1.82, 2.24) is 5.32 Å². The summed E-state index contributed by atoms with van der Waals surface area (Å²) < 4.78 is 0. The van der Waals surface area contributed by atoms with Crippen LogP contribution in [0.5, 0.6) is 0 Å². The summed E-state index contributed by atoms with van der Waals surface area (Å²) in [5, 5.41) is 3.16. The second-order valence-electron chi connectivity index (χ2n) is 8.53. The molecule has 4 bridgehead atoms. The van der Waals surface area contributed by atoms with Crippen LogP contribution in [0.1, 0.15) is 65.9 Å². The molecule has 0 atom stereocenters. The van der Waals surface area contributed by atoms with E-state index in [1.54, 1.807) is 0 Å². The number of nitrogens with one attached hydrogen (secondary N) is 1. The Kier molecular flexibility index (Phi) is 4.27. The maximum Gasteiger partial charge on any atom is 0.220 e. The van der Waals surface area contributed by atoms with Gasteiger partial charge < -0.3 is 5.32 Å². The normalized spacial score (nSPS) is 33.6. The van der Waals surface area contributed by atoms with Crippen LogP contribution in [-0.4, -0.2) is 18.2 Å². The zero-order valence-corrected chi connectivity index (χ0v) is 15.3. The predicted octanol–water partition coefficient (Wildman–Crippen LogP) is 4.35. The molecule has 4 saturated carbocycles. The van der Waals surface area contributed by atoms with E-state index in [9.17, 15) is 9.59 Å². The van der Waals surface area contributed by atoms with Crippen molar-refractivity contribution in [2.24, 2.45) is 23.2 Å². The Balaban J connectivity index is 1.26. The molecule has 1 heterocycles. The van der Waals surface area contributed by atoms with Crippen LogP contribution in [0.15, 0.2) is 12.1 Å². The first-order valence-electron chi connectivity index (χ1n) is 9.38. The highest BCUT2D eigenvalue weighted by atomic mass is 32.1. The summed E-state index contributed by atoms with van der Waals surface area (Å²) in [5.74, 6) is 2.89. The lowest BCUT2D eigenvalue weighted by Crippen LogP contribution is -2.51. The molecule has 4 aliphatic rings. The number of carbonyl (C=O) groups is 2. The van der Waals surface area contributed by atoms with E-state index in [4.69, 9.17) is 0 Å². The fourth-order valence-corrected chi connectivity index (χ4v) is 6.65. The van der Waals surface area contributed by atoms with Crippen molar-refractivity contribution in [3.8, 4) is 0 Å². The molecule has 0 saturated heterocycles. The minimum absolute atomic E-state index is 0.0485. The van der Waals surface area contributed by atoms with Crippen LogP contribution in [-0.2, 0) is 4.79 Å². The highest BCUT2D eigenvalue weighted by Crippen LogP contribution is 2.59. The zero-order chi connectivity index (χ0) is 16.7. The van der Waals surface area contributed by atoms with Crippen LogP contribution in [0.4, 0.5) is 0 Å². The highest BCUT2D eigenvalue weighted by Gasteiger charge is 2.50. The maximum atomic E-state index is 12.2. The van der Waals surface area contributed by atoms with Crippen LogP contribution in [0.3, 0.4) is 0 Å². The standard InChI is InChI=1S/C20H27NO2S/c1-13-2-4-18(24-13)17(22)3-5-19(23)21-12-20-9-14-6-15(10-20)8-16(7-14)11-20/h2,4,14-16H,3,5-12H2,1H3,(H,21,23). The zero-order valence-electron chi connectivity index (χ0n) is 14.5. The van der Waals surface area contributed by atoms with Crippen molar-refractivity contribution in [1.29, 1.82) is 0 Å². The lowest BCUT2D eigenvalue weighted by atomic mass is 9.49. The van der Waals surface area contributed by atoms with Crippen molar-refractivity contribution < 1.29 is 9.59 Å². The summed E-state index contributed by atoms with van der Waals surface area (Å²) in [7, 11) is 0. The van der Waals surface area contributed by atoms with Crippen molar-refractivity contribution in [3.63, 3.8) is 0 Å². The first kappa shape index (κ1) is 16.3. The number of ketones is 1. The van der Waals surface area contributed by atoms with Crippen molar-refractivity contribution in [2.45, 2.75) is 58.3 Å². The van der Waals surface area contributed by atoms with E-state index in [1.165, 1.54) is 49.9 Å². The lowest BCUT2D eigenvalue weighted by Gasteiger charge is -2.56. The molecule has 0 aliphatic heterocycles. The predicted molar refractivity (Wildman–Crippen MR) is 96.2 cm³/mol. The molecule has 0 aromatic carbocycles. The number of hydrogen-bond acceptors (Lipinski definition) is 3. The molecule has 0 unspecified atom stereocenters. The van der Waals surface area contributed by atoms with Gasteiger partial charge >= 0.3 is 0 Å². The maximum absolute atomic E-state index is 12.2. The van der Waals surface area contributed by atoms with Gasteiger partial charge in [-0.1, -0.05) is 0 Å². The topological polar surface area (TPSA) is 46.2 Å². The minimum atomic E-state index is 0.0485. The third kappa shape index (κ3) is 3.30. The number of amides is 1. The molecule has 0 radical (unpaired) electrons. The molecule has 130 valence electrons. The molecular weight excluding hydrogens is 318 g/mol. The molecule has 1 amide bonds. The van der Waals surface area contributed by atoms with Gasteiger partial charge in [0.05, 0.1) is 4.88 Å². The fraction of sp³-hybridized carbons (Fsp3) is 0.700. The monoisotopic (exact) mass is 345 g/mol. The number of hydrogen-bond donors (Lipinski definition) is 1. The summed E-state index contributed by atoms with van der Waals surface area (Å²) in [6.07, 6.45) is 8.88. The van der Waals surface area contributed by atoms with Crippen molar-refractivity contribution >= 4 is 23.0 Å². The quantitative estimate of drug-likeness (QED) is 0.779. The third-order valence-corrected chi connectivity index (χ3v) is 7.46. The van der Waals surface area contributed by atoms with E-state index >= 15 is 0 Å². The number of thiophene rings is 1. The van der Waals surface area contributed by atoms with Gasteiger partial charge in [0.15, 0.2) is 5.78 Å². The number of carbonyl (C=O) groups excluding carboxylic acids is 2. The largest absolute Gasteiger partial charge is 0.356 e. The van der Waals surface area contributed by atoms with Crippen LogP contribution in [0.25, 0.3) is 0 Å². The number of Topliss-reactive ketones (excluding diaryl/α,β-unsaturated/α-hetero) is 1. The summed E-state index contributed by atoms with van der Waals surface area (Å²) >= 11 is 1.52. The van der Waals surface area contributed by atoms with Gasteiger partial charge in [0, 0.05) is 24.3 Å². The number of aryl methyl sites for hydroxylation is 1. The molecule has 1 aromatic rings. The van der Waals surface area contributed by atoms with Gasteiger partial charge in [0.2, 0.25) is 5.91 Å². The van der Waals surface area contributed by atoms with Gasteiger partial charge in [-0.05, 0) is 80.8 Å². The highest BCUT2D eigenvalue weighted by molar-refractivity contribution is 7.14. The summed E-state index contributed by atoms with van der Waals surface area (Å²) in [6.45, 7) is 2.83. The molecule has 4 fully saturated rings. The minimum Gasteiger partial charge on any atom is -0.356 e. The second-order valence-corrected chi connectivity index (χ2v) is 9.82. The average Bonchev–Trinajstić information content (AvgIpc) is 2.96. The van der Waals surface area contributed by atoms with Gasteiger partial charge in [-0.15, -0.1) is 11.3 Å². The SMILES string of the molecule is Cc1ccc(C(=O)CCC(=O)NCC23CC4CC(CC(C4)C2)C3)s1. The second kappa shape index (κ2) is 6.29. The molecule has 4 heteroatoms. The van der Waals surface area contributed by atoms with Gasteiger partial charge in [0.1, 0.15) is 0 Å². The Morgan fingerprint density at radius 2 is 1.71 bits per heavy atom. The van der Waals surface area contributed by atoms with E-state index in [1.807, 2.05) is 19.1 Å². The van der Waals surface area contributed by atoms with Crippen LogP contribution < -0.4 is 5.32 Å². The van der Waals surface area contributed by atoms with E-state index in [0.29, 0.717) is 18.3 Å². The lowest BCUT2D eigenvalue weighted by molar-refractivity contribution is -0.123. The third-order valence-electron chi connectivity index (χ3n) is 6.42. The van der Waals surface area contributed by atoms with E-state index in [-0.39, 0.29) is 11.7 Å². The van der Waals surface area contributed by atoms with Crippen LogP contribution in [0.2, 0.25) is 0 Å². The fourth-order valence-electron chi connectivity index (χ4n) is 5.82. The Morgan fingerprint density at radius 1 is 1.08 bits per heavy atom. The Morgan fingerprint density at radius 3 is 2.25 bits per heavy atom.